The lowest BCUT2D eigenvalue weighted by atomic mass is 10.0. The van der Waals surface area contributed by atoms with E-state index in [1.807, 2.05) is 0 Å². The number of ether oxygens (including phenoxy) is 1. The molecule has 1 aromatic carbocycles. The number of Topliss-reactive ketones (excluding diaryl/α,β-unsaturated/α-hetero) is 1. The van der Waals surface area contributed by atoms with Gasteiger partial charge in [0, 0.05) is 5.92 Å². The molecule has 1 aromatic rings. The molecule has 0 atom stereocenters. The molecule has 0 aliphatic heterocycles. The molecule has 1 saturated carbocycles. The number of alkyl halides is 3. The summed E-state index contributed by atoms with van der Waals surface area (Å²) in [7, 11) is 1.34. The Morgan fingerprint density at radius 1 is 1.35 bits per heavy atom. The third-order valence-electron chi connectivity index (χ3n) is 2.74. The summed E-state index contributed by atoms with van der Waals surface area (Å²) in [6, 6.07) is 2.99. The molecule has 1 aliphatic carbocycles. The summed E-state index contributed by atoms with van der Waals surface area (Å²) in [4.78, 5) is 11.8. The van der Waals surface area contributed by atoms with E-state index in [-0.39, 0.29) is 23.0 Å². The van der Waals surface area contributed by atoms with Gasteiger partial charge in [0.2, 0.25) is 0 Å². The molecular formula is C12H11F3O2. The maximum absolute atomic E-state index is 12.5. The van der Waals surface area contributed by atoms with Crippen molar-refractivity contribution in [3.63, 3.8) is 0 Å². The van der Waals surface area contributed by atoms with Crippen LogP contribution in [0, 0.1) is 5.92 Å². The van der Waals surface area contributed by atoms with Crippen LogP contribution in [0.15, 0.2) is 18.2 Å². The topological polar surface area (TPSA) is 26.3 Å². The number of hydrogen-bond donors (Lipinski definition) is 0. The largest absolute Gasteiger partial charge is 0.496 e. The van der Waals surface area contributed by atoms with Crippen LogP contribution < -0.4 is 4.74 Å². The molecule has 2 rings (SSSR count). The van der Waals surface area contributed by atoms with Crippen LogP contribution in [-0.2, 0) is 6.18 Å². The van der Waals surface area contributed by atoms with E-state index in [9.17, 15) is 18.0 Å². The Labute approximate surface area is 96.4 Å². The monoisotopic (exact) mass is 244 g/mol. The zero-order valence-corrected chi connectivity index (χ0v) is 9.17. The van der Waals surface area contributed by atoms with E-state index in [0.717, 1.165) is 25.0 Å². The fourth-order valence-electron chi connectivity index (χ4n) is 1.64. The minimum Gasteiger partial charge on any atom is -0.496 e. The fourth-order valence-corrected chi connectivity index (χ4v) is 1.64. The zero-order valence-electron chi connectivity index (χ0n) is 9.17. The molecule has 0 radical (unpaired) electrons. The number of benzene rings is 1. The average molecular weight is 244 g/mol. The fraction of sp³-hybridized carbons (Fsp3) is 0.417. The maximum Gasteiger partial charge on any atom is 0.416 e. The van der Waals surface area contributed by atoms with Crippen LogP contribution in [0.4, 0.5) is 13.2 Å². The van der Waals surface area contributed by atoms with Gasteiger partial charge < -0.3 is 4.74 Å². The zero-order chi connectivity index (χ0) is 12.6. The summed E-state index contributed by atoms with van der Waals surface area (Å²) in [5.74, 6) is -0.185. The second-order valence-corrected chi connectivity index (χ2v) is 4.05. The Bertz CT molecular complexity index is 448. The first-order valence-corrected chi connectivity index (χ1v) is 5.23. The van der Waals surface area contributed by atoms with Crippen molar-refractivity contribution in [1.29, 1.82) is 0 Å². The van der Waals surface area contributed by atoms with Crippen molar-refractivity contribution in [2.75, 3.05) is 7.11 Å². The van der Waals surface area contributed by atoms with E-state index in [1.54, 1.807) is 0 Å². The quantitative estimate of drug-likeness (QED) is 0.762. The summed E-state index contributed by atoms with van der Waals surface area (Å²) >= 11 is 0. The van der Waals surface area contributed by atoms with Gasteiger partial charge in [-0.1, -0.05) is 0 Å². The van der Waals surface area contributed by atoms with Crippen LogP contribution in [0.3, 0.4) is 0 Å². The molecule has 0 bridgehead atoms. The average Bonchev–Trinajstić information content (AvgIpc) is 3.09. The summed E-state index contributed by atoms with van der Waals surface area (Å²) in [5.41, 5.74) is -0.785. The Balaban J connectivity index is 2.42. The van der Waals surface area contributed by atoms with Gasteiger partial charge in [0.25, 0.3) is 0 Å². The predicted octanol–water partition coefficient (Wildman–Crippen LogP) is 3.31. The number of carbonyl (C=O) groups excluding carboxylic acids is 1. The van der Waals surface area contributed by atoms with Crippen molar-refractivity contribution < 1.29 is 22.7 Å². The summed E-state index contributed by atoms with van der Waals surface area (Å²) < 4.78 is 42.5. The highest BCUT2D eigenvalue weighted by Crippen LogP contribution is 2.38. The number of carbonyl (C=O) groups is 1. The van der Waals surface area contributed by atoms with Crippen LogP contribution in [0.25, 0.3) is 0 Å². The molecule has 0 amide bonds. The molecule has 92 valence electrons. The Hall–Kier alpha value is -1.52. The SMILES string of the molecule is COc1ccc(C(F)(F)F)cc1C(=O)C1CC1. The lowest BCUT2D eigenvalue weighted by molar-refractivity contribution is -0.137. The third kappa shape index (κ3) is 2.43. The first-order chi connectivity index (χ1) is 7.93. The smallest absolute Gasteiger partial charge is 0.416 e. The van der Waals surface area contributed by atoms with Crippen molar-refractivity contribution in [3.8, 4) is 5.75 Å². The lowest BCUT2D eigenvalue weighted by Gasteiger charge is -2.11. The van der Waals surface area contributed by atoms with Crippen LogP contribution in [-0.4, -0.2) is 12.9 Å². The molecule has 2 nitrogen and oxygen atoms in total. The van der Waals surface area contributed by atoms with Crippen LogP contribution >= 0.6 is 0 Å². The maximum atomic E-state index is 12.5. The van der Waals surface area contributed by atoms with Gasteiger partial charge in [-0.25, -0.2) is 0 Å². The standard InChI is InChI=1S/C12H11F3O2/c1-17-10-5-4-8(12(13,14)15)6-9(10)11(16)7-2-3-7/h4-7H,2-3H2,1H3. The highest BCUT2D eigenvalue weighted by atomic mass is 19.4. The van der Waals surface area contributed by atoms with Gasteiger partial charge in [0.05, 0.1) is 18.2 Å². The second-order valence-electron chi connectivity index (χ2n) is 4.05. The van der Waals surface area contributed by atoms with Crippen molar-refractivity contribution in [3.05, 3.63) is 29.3 Å². The van der Waals surface area contributed by atoms with Crippen molar-refractivity contribution >= 4 is 5.78 Å². The summed E-state index contributed by atoms with van der Waals surface area (Å²) in [5, 5.41) is 0. The number of hydrogen-bond acceptors (Lipinski definition) is 2. The van der Waals surface area contributed by atoms with Gasteiger partial charge in [-0.15, -0.1) is 0 Å². The molecule has 1 aliphatic rings. The molecule has 0 aromatic heterocycles. The summed E-state index contributed by atoms with van der Waals surface area (Å²) in [6.45, 7) is 0. The molecule has 0 saturated heterocycles. The molecular weight excluding hydrogens is 233 g/mol. The van der Waals surface area contributed by atoms with Crippen LogP contribution in [0.2, 0.25) is 0 Å². The minimum atomic E-state index is -4.44. The van der Waals surface area contributed by atoms with E-state index in [2.05, 4.69) is 0 Å². The van der Waals surface area contributed by atoms with Gasteiger partial charge in [0.1, 0.15) is 5.75 Å². The molecule has 17 heavy (non-hydrogen) atoms. The number of rotatable bonds is 3. The van der Waals surface area contributed by atoms with Gasteiger partial charge in [-0.2, -0.15) is 13.2 Å². The Kier molecular flexibility index (Phi) is 2.85. The highest BCUT2D eigenvalue weighted by Gasteiger charge is 2.35. The molecule has 1 fully saturated rings. The van der Waals surface area contributed by atoms with E-state index >= 15 is 0 Å². The Morgan fingerprint density at radius 3 is 2.47 bits per heavy atom. The first kappa shape index (κ1) is 12.0. The second kappa shape index (κ2) is 4.05. The number of halogens is 3. The van der Waals surface area contributed by atoms with Gasteiger partial charge in [-0.3, -0.25) is 4.79 Å². The Morgan fingerprint density at radius 2 is 2.00 bits per heavy atom. The van der Waals surface area contributed by atoms with Crippen molar-refractivity contribution in [1.82, 2.24) is 0 Å². The van der Waals surface area contributed by atoms with Crippen LogP contribution in [0.1, 0.15) is 28.8 Å². The van der Waals surface area contributed by atoms with E-state index in [1.165, 1.54) is 13.2 Å². The first-order valence-electron chi connectivity index (χ1n) is 5.23. The van der Waals surface area contributed by atoms with E-state index < -0.39 is 11.7 Å². The number of methoxy groups -OCH3 is 1. The summed E-state index contributed by atoms with van der Waals surface area (Å²) in [6.07, 6.45) is -2.94. The third-order valence-corrected chi connectivity index (χ3v) is 2.74. The van der Waals surface area contributed by atoms with Gasteiger partial charge in [0.15, 0.2) is 5.78 Å². The lowest BCUT2D eigenvalue weighted by Crippen LogP contribution is -2.10. The van der Waals surface area contributed by atoms with E-state index in [0.29, 0.717) is 0 Å². The minimum absolute atomic E-state index is 0.0322. The molecule has 5 heteroatoms. The van der Waals surface area contributed by atoms with Crippen LogP contribution in [0.5, 0.6) is 5.75 Å². The van der Waals surface area contributed by atoms with E-state index in [4.69, 9.17) is 4.74 Å². The molecule has 0 spiro atoms. The molecule has 0 unspecified atom stereocenters. The highest BCUT2D eigenvalue weighted by molar-refractivity contribution is 6.01. The predicted molar refractivity (Wildman–Crippen MR) is 55.1 cm³/mol. The van der Waals surface area contributed by atoms with Crippen molar-refractivity contribution in [2.24, 2.45) is 5.92 Å². The normalized spacial score (nSPS) is 15.8. The van der Waals surface area contributed by atoms with Crippen molar-refractivity contribution in [2.45, 2.75) is 19.0 Å². The number of ketones is 1. The molecule has 0 heterocycles. The van der Waals surface area contributed by atoms with Gasteiger partial charge in [-0.05, 0) is 31.0 Å². The van der Waals surface area contributed by atoms with Gasteiger partial charge >= 0.3 is 6.18 Å². The molecule has 0 N–H and O–H groups in total.